The third-order valence-electron chi connectivity index (χ3n) is 12.4. The molecule has 0 saturated heterocycles. The van der Waals surface area contributed by atoms with Crippen molar-refractivity contribution in [1.29, 1.82) is 0 Å². The number of aromatic nitrogens is 2. The van der Waals surface area contributed by atoms with Crippen LogP contribution in [0.1, 0.15) is 12.5 Å². The van der Waals surface area contributed by atoms with Crippen molar-refractivity contribution in [3.8, 4) is 55.9 Å². The number of nitrogens with zero attached hydrogens (tertiary/aromatic N) is 2. The maximum absolute atomic E-state index is 3.95. The minimum absolute atomic E-state index is 1.12. The first-order valence-corrected chi connectivity index (χ1v) is 21.7. The minimum Gasteiger partial charge on any atom is -0.309 e. The largest absolute Gasteiger partial charge is 0.309 e. The molecular formula is C61H44N2. The van der Waals surface area contributed by atoms with E-state index < -0.39 is 0 Å². The van der Waals surface area contributed by atoms with Crippen molar-refractivity contribution in [2.75, 3.05) is 0 Å². The van der Waals surface area contributed by atoms with E-state index in [-0.39, 0.29) is 0 Å². The summed E-state index contributed by atoms with van der Waals surface area (Å²) in [6, 6.07) is 77.5. The molecule has 0 bridgehead atoms. The summed E-state index contributed by atoms with van der Waals surface area (Å²) < 4.78 is 4.94. The van der Waals surface area contributed by atoms with Gasteiger partial charge in [0.1, 0.15) is 0 Å². The average Bonchev–Trinajstić information content (AvgIpc) is 3.88. The number of fused-ring (bicyclic) bond motifs is 7. The number of benzene rings is 9. The highest BCUT2D eigenvalue weighted by molar-refractivity contribution is 6.26. The van der Waals surface area contributed by atoms with Crippen LogP contribution in [0.4, 0.5) is 0 Å². The first-order valence-electron chi connectivity index (χ1n) is 21.7. The molecule has 2 aromatic heterocycles. The van der Waals surface area contributed by atoms with Crippen LogP contribution in [-0.2, 0) is 0 Å². The number of para-hydroxylation sites is 2. The zero-order valence-electron chi connectivity index (χ0n) is 35.1. The van der Waals surface area contributed by atoms with Gasteiger partial charge in [-0.2, -0.15) is 0 Å². The van der Waals surface area contributed by atoms with E-state index in [4.69, 9.17) is 0 Å². The van der Waals surface area contributed by atoms with Crippen molar-refractivity contribution in [3.63, 3.8) is 0 Å². The van der Waals surface area contributed by atoms with E-state index in [0.717, 1.165) is 22.5 Å². The van der Waals surface area contributed by atoms with Crippen molar-refractivity contribution in [3.05, 3.63) is 249 Å². The monoisotopic (exact) mass is 804 g/mol. The summed E-state index contributed by atoms with van der Waals surface area (Å²) in [6.45, 7) is 6.06. The molecule has 0 aliphatic rings. The van der Waals surface area contributed by atoms with E-state index in [1.165, 1.54) is 88.1 Å². The Morgan fingerprint density at radius 2 is 0.905 bits per heavy atom. The molecule has 298 valence electrons. The quantitative estimate of drug-likeness (QED) is 0.129. The van der Waals surface area contributed by atoms with Crippen LogP contribution >= 0.6 is 0 Å². The van der Waals surface area contributed by atoms with Crippen LogP contribution in [0, 0.1) is 0 Å². The van der Waals surface area contributed by atoms with E-state index in [0.29, 0.717) is 0 Å². The predicted molar refractivity (Wildman–Crippen MR) is 270 cm³/mol. The van der Waals surface area contributed by atoms with Crippen molar-refractivity contribution >= 4 is 49.2 Å². The summed E-state index contributed by atoms with van der Waals surface area (Å²) in [5.41, 5.74) is 18.8. The van der Waals surface area contributed by atoms with Crippen LogP contribution in [0.5, 0.6) is 0 Å². The van der Waals surface area contributed by atoms with Gasteiger partial charge < -0.3 is 9.13 Å². The zero-order valence-corrected chi connectivity index (χ0v) is 35.1. The number of rotatable bonds is 9. The smallest absolute Gasteiger partial charge is 0.0641 e. The average molecular weight is 805 g/mol. The molecule has 2 heteroatoms. The Bertz CT molecular complexity index is 3490. The molecule has 2 heterocycles. The van der Waals surface area contributed by atoms with Crippen LogP contribution in [0.15, 0.2) is 243 Å². The zero-order chi connectivity index (χ0) is 42.3. The molecule has 9 aromatic carbocycles. The van der Waals surface area contributed by atoms with Crippen molar-refractivity contribution in [1.82, 2.24) is 9.13 Å². The lowest BCUT2D eigenvalue weighted by Crippen LogP contribution is -1.98. The first-order chi connectivity index (χ1) is 31.2. The Hall–Kier alpha value is -8.20. The number of allylic oxidation sites excluding steroid dienone is 5. The molecule has 0 amide bonds. The van der Waals surface area contributed by atoms with Crippen LogP contribution in [-0.4, -0.2) is 9.13 Å². The summed E-state index contributed by atoms with van der Waals surface area (Å²) >= 11 is 0. The number of hydrogen-bond donors (Lipinski definition) is 0. The molecule has 63 heavy (non-hydrogen) atoms. The fourth-order valence-corrected chi connectivity index (χ4v) is 9.48. The highest BCUT2D eigenvalue weighted by Crippen LogP contribution is 2.43. The van der Waals surface area contributed by atoms with Gasteiger partial charge in [-0.15, -0.1) is 0 Å². The van der Waals surface area contributed by atoms with Crippen LogP contribution in [0.3, 0.4) is 0 Å². The van der Waals surface area contributed by atoms with E-state index in [1.807, 2.05) is 12.2 Å². The molecule has 11 aromatic rings. The van der Waals surface area contributed by atoms with Gasteiger partial charge in [-0.05, 0) is 129 Å². The van der Waals surface area contributed by atoms with E-state index >= 15 is 0 Å². The Morgan fingerprint density at radius 3 is 1.48 bits per heavy atom. The molecule has 11 rings (SSSR count). The Balaban J connectivity index is 1.13. The maximum atomic E-state index is 3.95. The summed E-state index contributed by atoms with van der Waals surface area (Å²) in [5, 5.41) is 4.91. The highest BCUT2D eigenvalue weighted by Gasteiger charge is 2.22. The fourth-order valence-electron chi connectivity index (χ4n) is 9.48. The Kier molecular flexibility index (Phi) is 9.60. The SMILES string of the molecule is C=C/C=C\C(=C/C)c1cc(-c2ccccc2)cc(-n2c3ccccc3c3ccc4c(c5ccccc5n4-c4ccc(-c5cc(-c6ccccc6)cc(-c6ccccc6)c5)cc4)c32)c1. The summed E-state index contributed by atoms with van der Waals surface area (Å²) in [7, 11) is 0. The normalized spacial score (nSPS) is 12.0. The molecule has 0 aliphatic carbocycles. The molecule has 0 saturated carbocycles. The van der Waals surface area contributed by atoms with Gasteiger partial charge in [-0.1, -0.05) is 176 Å². The van der Waals surface area contributed by atoms with Gasteiger partial charge in [0.15, 0.2) is 0 Å². The second-order valence-corrected chi connectivity index (χ2v) is 16.1. The molecule has 0 fully saturated rings. The third kappa shape index (κ3) is 6.70. The molecule has 0 atom stereocenters. The second kappa shape index (κ2) is 16.0. The van der Waals surface area contributed by atoms with E-state index in [1.54, 1.807) is 0 Å². The van der Waals surface area contributed by atoms with Gasteiger partial charge in [-0.25, -0.2) is 0 Å². The minimum atomic E-state index is 1.12. The van der Waals surface area contributed by atoms with Crippen molar-refractivity contribution < 1.29 is 0 Å². The summed E-state index contributed by atoms with van der Waals surface area (Å²) in [4.78, 5) is 0. The van der Waals surface area contributed by atoms with Crippen LogP contribution < -0.4 is 0 Å². The van der Waals surface area contributed by atoms with Gasteiger partial charge in [0.2, 0.25) is 0 Å². The van der Waals surface area contributed by atoms with Crippen molar-refractivity contribution in [2.24, 2.45) is 0 Å². The molecule has 0 N–H and O–H groups in total. The molecule has 0 radical (unpaired) electrons. The fraction of sp³-hybridized carbons (Fsp3) is 0.0164. The molecule has 0 unspecified atom stereocenters. The van der Waals surface area contributed by atoms with Gasteiger partial charge in [0.25, 0.3) is 0 Å². The predicted octanol–water partition coefficient (Wildman–Crippen LogP) is 16.7. The van der Waals surface area contributed by atoms with E-state index in [2.05, 4.69) is 247 Å². The molecular weight excluding hydrogens is 761 g/mol. The van der Waals surface area contributed by atoms with Gasteiger partial charge >= 0.3 is 0 Å². The Labute approximate surface area is 368 Å². The Morgan fingerprint density at radius 1 is 0.397 bits per heavy atom. The second-order valence-electron chi connectivity index (χ2n) is 16.1. The number of hydrogen-bond acceptors (Lipinski definition) is 0. The lowest BCUT2D eigenvalue weighted by molar-refractivity contribution is 1.17. The first kappa shape index (κ1) is 37.8. The van der Waals surface area contributed by atoms with Gasteiger partial charge in [0, 0.05) is 32.9 Å². The maximum Gasteiger partial charge on any atom is 0.0641 e. The molecule has 2 nitrogen and oxygen atoms in total. The van der Waals surface area contributed by atoms with E-state index in [9.17, 15) is 0 Å². The lowest BCUT2D eigenvalue weighted by atomic mass is 9.93. The van der Waals surface area contributed by atoms with Crippen LogP contribution in [0.2, 0.25) is 0 Å². The summed E-state index contributed by atoms with van der Waals surface area (Å²) in [5.74, 6) is 0. The lowest BCUT2D eigenvalue weighted by Gasteiger charge is -2.15. The van der Waals surface area contributed by atoms with Crippen LogP contribution in [0.25, 0.3) is 105 Å². The van der Waals surface area contributed by atoms with Crippen molar-refractivity contribution in [2.45, 2.75) is 6.92 Å². The molecule has 0 aliphatic heterocycles. The third-order valence-corrected chi connectivity index (χ3v) is 12.4. The summed E-state index contributed by atoms with van der Waals surface area (Å²) in [6.07, 6.45) is 8.17. The standard InChI is InChI=1S/C61H44N2/c1-3-5-19-42(4-2)50-39-51(45-24-13-8-14-25-45)41-53(40-50)63-57-28-17-15-26-54(57)55-34-35-59-60(61(55)63)56-27-16-18-29-58(56)62(59)52-32-30-46(31-33-52)49-37-47(43-20-9-6-10-21-43)36-48(38-49)44-22-11-7-12-23-44/h3-41H,1H2,2H3/b19-5-,42-4+. The topological polar surface area (TPSA) is 9.86 Å². The van der Waals surface area contributed by atoms with Gasteiger partial charge in [0.05, 0.1) is 22.1 Å². The molecule has 0 spiro atoms. The van der Waals surface area contributed by atoms with Gasteiger partial charge in [-0.3, -0.25) is 0 Å². The highest BCUT2D eigenvalue weighted by atomic mass is 15.0.